The van der Waals surface area contributed by atoms with E-state index < -0.39 is 0 Å². The second-order valence-corrected chi connectivity index (χ2v) is 4.53. The van der Waals surface area contributed by atoms with Crippen LogP contribution >= 0.6 is 11.3 Å². The van der Waals surface area contributed by atoms with Gasteiger partial charge in [0.15, 0.2) is 5.13 Å². The molecule has 16 heavy (non-hydrogen) atoms. The summed E-state index contributed by atoms with van der Waals surface area (Å²) in [4.78, 5) is 5.15. The van der Waals surface area contributed by atoms with Gasteiger partial charge in [-0.2, -0.15) is 0 Å². The van der Waals surface area contributed by atoms with Crippen LogP contribution in [0.1, 0.15) is 12.5 Å². The van der Waals surface area contributed by atoms with Crippen LogP contribution in [0.15, 0.2) is 24.4 Å². The first-order valence-corrected chi connectivity index (χ1v) is 5.97. The first kappa shape index (κ1) is 11.0. The number of nitrogen functional groups attached to an aromatic ring is 1. The normalized spacial score (nSPS) is 10.4. The zero-order chi connectivity index (χ0) is 11.5. The Balaban J connectivity index is 2.42. The minimum atomic E-state index is 0.594. The second kappa shape index (κ2) is 4.53. The van der Waals surface area contributed by atoms with Gasteiger partial charge in [0.1, 0.15) is 5.75 Å². The van der Waals surface area contributed by atoms with Crippen LogP contribution in [0.5, 0.6) is 5.75 Å². The van der Waals surface area contributed by atoms with Crippen LogP contribution in [0.2, 0.25) is 0 Å². The molecule has 2 N–H and O–H groups in total. The molecule has 1 heterocycles. The third-order valence-electron chi connectivity index (χ3n) is 2.31. The first-order valence-electron chi connectivity index (χ1n) is 5.16. The van der Waals surface area contributed by atoms with Crippen molar-refractivity contribution in [3.05, 3.63) is 30.0 Å². The fourth-order valence-electron chi connectivity index (χ4n) is 1.54. The predicted octanol–water partition coefficient (Wildman–Crippen LogP) is 3.10. The van der Waals surface area contributed by atoms with Crippen LogP contribution in [0.25, 0.3) is 10.4 Å². The predicted molar refractivity (Wildman–Crippen MR) is 67.9 cm³/mol. The summed E-state index contributed by atoms with van der Waals surface area (Å²) in [5.74, 6) is 0.884. The maximum absolute atomic E-state index is 5.64. The molecule has 4 heteroatoms. The second-order valence-electron chi connectivity index (χ2n) is 3.47. The maximum Gasteiger partial charge on any atom is 0.180 e. The minimum Gasteiger partial charge on any atom is -0.494 e. The van der Waals surface area contributed by atoms with Crippen molar-refractivity contribution in [1.82, 2.24) is 4.98 Å². The number of aryl methyl sites for hydroxylation is 1. The number of anilines is 1. The van der Waals surface area contributed by atoms with Gasteiger partial charge in [-0.15, -0.1) is 0 Å². The fraction of sp³-hybridized carbons (Fsp3) is 0.250. The minimum absolute atomic E-state index is 0.594. The zero-order valence-electron chi connectivity index (χ0n) is 9.36. The molecule has 0 bridgehead atoms. The Morgan fingerprint density at radius 2 is 2.25 bits per heavy atom. The standard InChI is InChI=1S/C12H14N2OS/c1-3-15-9-5-4-8(2)10(6-9)11-7-14-12(13)16-11/h4-7H,3H2,1-2H3,(H2,13,14). The van der Waals surface area contributed by atoms with Gasteiger partial charge in [0, 0.05) is 6.20 Å². The lowest BCUT2D eigenvalue weighted by Crippen LogP contribution is -1.92. The highest BCUT2D eigenvalue weighted by Gasteiger charge is 2.07. The number of benzene rings is 1. The quantitative estimate of drug-likeness (QED) is 0.887. The lowest BCUT2D eigenvalue weighted by molar-refractivity contribution is 0.340. The molecule has 0 aliphatic rings. The first-order chi connectivity index (χ1) is 7.70. The molecule has 1 aromatic heterocycles. The molecule has 0 aliphatic heterocycles. The van der Waals surface area contributed by atoms with Crippen LogP contribution in [0.3, 0.4) is 0 Å². The monoisotopic (exact) mass is 234 g/mol. The van der Waals surface area contributed by atoms with E-state index in [2.05, 4.69) is 18.0 Å². The Kier molecular flexibility index (Phi) is 3.10. The molecule has 0 aliphatic carbocycles. The average Bonchev–Trinajstić information content (AvgIpc) is 2.68. The summed E-state index contributed by atoms with van der Waals surface area (Å²) in [6, 6.07) is 6.06. The third kappa shape index (κ3) is 2.17. The number of hydrogen-bond acceptors (Lipinski definition) is 4. The van der Waals surface area contributed by atoms with E-state index >= 15 is 0 Å². The molecular formula is C12H14N2OS. The highest BCUT2D eigenvalue weighted by atomic mass is 32.1. The van der Waals surface area contributed by atoms with E-state index in [-0.39, 0.29) is 0 Å². The molecule has 0 radical (unpaired) electrons. The van der Waals surface area contributed by atoms with E-state index in [4.69, 9.17) is 10.5 Å². The molecule has 0 unspecified atom stereocenters. The van der Waals surface area contributed by atoms with Crippen LogP contribution in [0, 0.1) is 6.92 Å². The van der Waals surface area contributed by atoms with E-state index in [1.807, 2.05) is 19.1 Å². The Morgan fingerprint density at radius 1 is 1.44 bits per heavy atom. The SMILES string of the molecule is CCOc1ccc(C)c(-c2cnc(N)s2)c1. The smallest absolute Gasteiger partial charge is 0.180 e. The van der Waals surface area contributed by atoms with E-state index in [0.717, 1.165) is 16.2 Å². The van der Waals surface area contributed by atoms with Crippen LogP contribution in [0.4, 0.5) is 5.13 Å². The molecular weight excluding hydrogens is 220 g/mol. The molecule has 2 aromatic rings. The third-order valence-corrected chi connectivity index (χ3v) is 3.17. The van der Waals surface area contributed by atoms with E-state index in [1.165, 1.54) is 16.9 Å². The Hall–Kier alpha value is -1.55. The van der Waals surface area contributed by atoms with Gasteiger partial charge < -0.3 is 10.5 Å². The van der Waals surface area contributed by atoms with E-state index in [1.54, 1.807) is 6.20 Å². The van der Waals surface area contributed by atoms with Crippen LogP contribution in [-0.2, 0) is 0 Å². The Labute approximate surface area is 98.9 Å². The lowest BCUT2D eigenvalue weighted by Gasteiger charge is -2.07. The van der Waals surface area contributed by atoms with Gasteiger partial charge in [0.25, 0.3) is 0 Å². The summed E-state index contributed by atoms with van der Waals surface area (Å²) < 4.78 is 5.48. The number of nitrogens with two attached hydrogens (primary N) is 1. The molecule has 0 amide bonds. The van der Waals surface area contributed by atoms with E-state index in [9.17, 15) is 0 Å². The van der Waals surface area contributed by atoms with Crippen molar-refractivity contribution in [3.8, 4) is 16.2 Å². The van der Waals surface area contributed by atoms with Crippen molar-refractivity contribution >= 4 is 16.5 Å². The topological polar surface area (TPSA) is 48.1 Å². The fourth-order valence-corrected chi connectivity index (χ4v) is 2.30. The van der Waals surface area contributed by atoms with Gasteiger partial charge in [0.2, 0.25) is 0 Å². The lowest BCUT2D eigenvalue weighted by atomic mass is 10.1. The van der Waals surface area contributed by atoms with Crippen molar-refractivity contribution in [2.45, 2.75) is 13.8 Å². The Morgan fingerprint density at radius 3 is 2.88 bits per heavy atom. The molecule has 3 nitrogen and oxygen atoms in total. The number of aromatic nitrogens is 1. The zero-order valence-corrected chi connectivity index (χ0v) is 10.2. The molecule has 0 saturated heterocycles. The summed E-state index contributed by atoms with van der Waals surface area (Å²) in [6.45, 7) is 4.72. The number of ether oxygens (including phenoxy) is 1. The molecule has 84 valence electrons. The molecule has 1 aromatic carbocycles. The maximum atomic E-state index is 5.64. The van der Waals surface area contributed by atoms with Gasteiger partial charge in [-0.25, -0.2) is 4.98 Å². The largest absolute Gasteiger partial charge is 0.494 e. The van der Waals surface area contributed by atoms with Crippen molar-refractivity contribution in [2.75, 3.05) is 12.3 Å². The number of thiazole rings is 1. The van der Waals surface area contributed by atoms with Gasteiger partial charge in [0.05, 0.1) is 11.5 Å². The van der Waals surface area contributed by atoms with Crippen molar-refractivity contribution < 1.29 is 4.74 Å². The molecule has 0 spiro atoms. The summed E-state index contributed by atoms with van der Waals surface area (Å²) >= 11 is 1.49. The summed E-state index contributed by atoms with van der Waals surface area (Å²) in [6.07, 6.45) is 1.80. The van der Waals surface area contributed by atoms with E-state index in [0.29, 0.717) is 11.7 Å². The number of nitrogens with zero attached hydrogens (tertiary/aromatic N) is 1. The molecule has 2 rings (SSSR count). The summed E-state index contributed by atoms with van der Waals surface area (Å²) in [7, 11) is 0. The summed E-state index contributed by atoms with van der Waals surface area (Å²) in [5, 5.41) is 0.594. The van der Waals surface area contributed by atoms with Gasteiger partial charge in [-0.05, 0) is 37.1 Å². The van der Waals surface area contributed by atoms with Gasteiger partial charge in [-0.3, -0.25) is 0 Å². The average molecular weight is 234 g/mol. The molecule has 0 atom stereocenters. The number of rotatable bonds is 3. The van der Waals surface area contributed by atoms with Crippen LogP contribution < -0.4 is 10.5 Å². The highest BCUT2D eigenvalue weighted by Crippen LogP contribution is 2.32. The van der Waals surface area contributed by atoms with Crippen molar-refractivity contribution in [3.63, 3.8) is 0 Å². The van der Waals surface area contributed by atoms with Gasteiger partial charge in [-0.1, -0.05) is 17.4 Å². The molecule has 0 saturated carbocycles. The summed E-state index contributed by atoms with van der Waals surface area (Å²) in [5.41, 5.74) is 7.98. The Bertz CT molecular complexity index is 494. The number of hydrogen-bond donors (Lipinski definition) is 1. The van der Waals surface area contributed by atoms with Crippen molar-refractivity contribution in [2.24, 2.45) is 0 Å². The van der Waals surface area contributed by atoms with Crippen LogP contribution in [-0.4, -0.2) is 11.6 Å². The van der Waals surface area contributed by atoms with Crippen molar-refractivity contribution in [1.29, 1.82) is 0 Å². The molecule has 0 fully saturated rings. The highest BCUT2D eigenvalue weighted by molar-refractivity contribution is 7.18. The van der Waals surface area contributed by atoms with Gasteiger partial charge >= 0.3 is 0 Å².